The Kier molecular flexibility index (Phi) is 5.37. The first-order valence-corrected chi connectivity index (χ1v) is 10.2. The summed E-state index contributed by atoms with van der Waals surface area (Å²) in [6, 6.07) is 13.5. The van der Waals surface area contributed by atoms with Gasteiger partial charge in [-0.2, -0.15) is 0 Å². The standard InChI is InChI=1S/C22H28N4O2/c1-16-15-25(20-7-4-8-21(27)24-20)13-14-26(16)22(28)23-19-11-9-18(10-12-19)17-5-2-3-6-17/h4,7-12,16-17H,2-3,5-6,13-15H2,1H3,(H,23,28)(H,24,27). The summed E-state index contributed by atoms with van der Waals surface area (Å²) in [6.45, 7) is 4.03. The highest BCUT2D eigenvalue weighted by atomic mass is 16.2. The fraction of sp³-hybridized carbons (Fsp3) is 0.455. The first kappa shape index (κ1) is 18.6. The molecule has 0 bridgehead atoms. The van der Waals surface area contributed by atoms with Crippen LogP contribution in [0.1, 0.15) is 44.1 Å². The van der Waals surface area contributed by atoms with Crippen LogP contribution in [0, 0.1) is 0 Å². The van der Waals surface area contributed by atoms with Crippen LogP contribution >= 0.6 is 0 Å². The summed E-state index contributed by atoms with van der Waals surface area (Å²) < 4.78 is 0. The van der Waals surface area contributed by atoms with Gasteiger partial charge in [-0.1, -0.05) is 31.0 Å². The van der Waals surface area contributed by atoms with Gasteiger partial charge in [0.15, 0.2) is 0 Å². The number of rotatable bonds is 3. The van der Waals surface area contributed by atoms with E-state index in [2.05, 4.69) is 27.3 Å². The van der Waals surface area contributed by atoms with Crippen LogP contribution < -0.4 is 15.8 Å². The van der Waals surface area contributed by atoms with Gasteiger partial charge in [-0.05, 0) is 49.4 Å². The first-order valence-electron chi connectivity index (χ1n) is 10.2. The van der Waals surface area contributed by atoms with Gasteiger partial charge in [0.25, 0.3) is 0 Å². The number of H-pyrrole nitrogens is 1. The van der Waals surface area contributed by atoms with Gasteiger partial charge in [-0.25, -0.2) is 4.79 Å². The number of amides is 2. The highest BCUT2D eigenvalue weighted by Gasteiger charge is 2.28. The lowest BCUT2D eigenvalue weighted by atomic mass is 9.98. The predicted octanol–water partition coefficient (Wildman–Crippen LogP) is 3.78. The molecule has 1 saturated carbocycles. The van der Waals surface area contributed by atoms with Gasteiger partial charge in [0.1, 0.15) is 5.82 Å². The zero-order valence-corrected chi connectivity index (χ0v) is 16.4. The molecule has 2 aliphatic rings. The van der Waals surface area contributed by atoms with Gasteiger partial charge in [-0.3, -0.25) is 4.79 Å². The molecule has 2 amide bonds. The number of piperazine rings is 1. The maximum atomic E-state index is 12.8. The molecule has 4 rings (SSSR count). The minimum Gasteiger partial charge on any atom is -0.354 e. The summed E-state index contributed by atoms with van der Waals surface area (Å²) in [6.07, 6.45) is 5.20. The summed E-state index contributed by atoms with van der Waals surface area (Å²) in [5.74, 6) is 1.49. The third kappa shape index (κ3) is 4.06. The Morgan fingerprint density at radius 2 is 1.82 bits per heavy atom. The van der Waals surface area contributed by atoms with Crippen LogP contribution in [0.4, 0.5) is 16.3 Å². The van der Waals surface area contributed by atoms with Gasteiger partial charge >= 0.3 is 6.03 Å². The number of urea groups is 1. The lowest BCUT2D eigenvalue weighted by molar-refractivity contribution is 0.184. The van der Waals surface area contributed by atoms with E-state index >= 15 is 0 Å². The number of pyridine rings is 1. The summed E-state index contributed by atoms with van der Waals surface area (Å²) in [5, 5.41) is 3.03. The smallest absolute Gasteiger partial charge is 0.322 e. The van der Waals surface area contributed by atoms with E-state index in [-0.39, 0.29) is 17.6 Å². The minimum atomic E-state index is -0.105. The van der Waals surface area contributed by atoms with Gasteiger partial charge < -0.3 is 20.1 Å². The number of nitrogens with one attached hydrogen (secondary N) is 2. The SMILES string of the molecule is CC1CN(c2cccc(=O)[nH]2)CCN1C(=O)Nc1ccc(C2CCCC2)cc1. The van der Waals surface area contributed by atoms with Crippen molar-refractivity contribution >= 4 is 17.5 Å². The number of aromatic nitrogens is 1. The number of hydrogen-bond donors (Lipinski definition) is 2. The van der Waals surface area contributed by atoms with Crippen LogP contribution in [0.25, 0.3) is 0 Å². The van der Waals surface area contributed by atoms with Gasteiger partial charge in [-0.15, -0.1) is 0 Å². The molecule has 2 aromatic rings. The summed E-state index contributed by atoms with van der Waals surface area (Å²) in [5.41, 5.74) is 2.12. The molecule has 6 nitrogen and oxygen atoms in total. The number of hydrogen-bond acceptors (Lipinski definition) is 3. The molecule has 2 fully saturated rings. The normalized spacial score (nSPS) is 20.4. The highest BCUT2D eigenvalue weighted by Crippen LogP contribution is 2.34. The fourth-order valence-electron chi connectivity index (χ4n) is 4.39. The Balaban J connectivity index is 1.35. The van der Waals surface area contributed by atoms with Crippen molar-refractivity contribution in [1.29, 1.82) is 0 Å². The van der Waals surface area contributed by atoms with Crippen LogP contribution in [-0.2, 0) is 0 Å². The van der Waals surface area contributed by atoms with Crippen LogP contribution in [0.3, 0.4) is 0 Å². The van der Waals surface area contributed by atoms with Crippen LogP contribution in [0.15, 0.2) is 47.3 Å². The average Bonchev–Trinajstić information content (AvgIpc) is 3.23. The molecule has 2 N–H and O–H groups in total. The van der Waals surface area contributed by atoms with Crippen molar-refractivity contribution < 1.29 is 4.79 Å². The predicted molar refractivity (Wildman–Crippen MR) is 112 cm³/mol. The van der Waals surface area contributed by atoms with Gasteiger partial charge in [0.2, 0.25) is 5.56 Å². The number of nitrogens with zero attached hydrogens (tertiary/aromatic N) is 2. The second-order valence-electron chi connectivity index (χ2n) is 7.92. The number of carbonyl (C=O) groups excluding carboxylic acids is 1. The van der Waals surface area contributed by atoms with Crippen LogP contribution in [0.2, 0.25) is 0 Å². The molecule has 1 aliphatic heterocycles. The van der Waals surface area contributed by atoms with Crippen molar-refractivity contribution in [2.75, 3.05) is 29.9 Å². The third-order valence-electron chi connectivity index (χ3n) is 5.97. The van der Waals surface area contributed by atoms with Crippen molar-refractivity contribution in [3.8, 4) is 0 Å². The minimum absolute atomic E-state index is 0.0511. The van der Waals surface area contributed by atoms with E-state index in [1.807, 2.05) is 30.0 Å². The molecule has 1 unspecified atom stereocenters. The number of anilines is 2. The average molecular weight is 380 g/mol. The van der Waals surface area contributed by atoms with Gasteiger partial charge in [0.05, 0.1) is 0 Å². The lowest BCUT2D eigenvalue weighted by Gasteiger charge is -2.40. The molecule has 2 heterocycles. The van der Waals surface area contributed by atoms with E-state index in [1.54, 1.807) is 6.07 Å². The quantitative estimate of drug-likeness (QED) is 0.852. The monoisotopic (exact) mass is 380 g/mol. The molecule has 1 aliphatic carbocycles. The fourth-order valence-corrected chi connectivity index (χ4v) is 4.39. The van der Waals surface area contributed by atoms with Crippen LogP contribution in [-0.4, -0.2) is 41.6 Å². The van der Waals surface area contributed by atoms with Gasteiger partial charge in [0, 0.05) is 37.4 Å². The van der Waals surface area contributed by atoms with Crippen molar-refractivity contribution in [2.24, 2.45) is 0 Å². The molecule has 6 heteroatoms. The zero-order chi connectivity index (χ0) is 19.5. The van der Waals surface area contributed by atoms with Crippen molar-refractivity contribution in [2.45, 2.75) is 44.6 Å². The molecule has 0 spiro atoms. The molecule has 28 heavy (non-hydrogen) atoms. The van der Waals surface area contributed by atoms with E-state index in [9.17, 15) is 9.59 Å². The molecular formula is C22H28N4O2. The van der Waals surface area contributed by atoms with E-state index in [0.29, 0.717) is 25.6 Å². The number of aromatic amines is 1. The highest BCUT2D eigenvalue weighted by molar-refractivity contribution is 5.89. The van der Waals surface area contributed by atoms with Crippen molar-refractivity contribution in [3.05, 3.63) is 58.4 Å². The molecular weight excluding hydrogens is 352 g/mol. The Bertz CT molecular complexity index is 871. The lowest BCUT2D eigenvalue weighted by Crippen LogP contribution is -2.55. The molecule has 1 atom stereocenters. The second kappa shape index (κ2) is 8.09. The Morgan fingerprint density at radius 1 is 1.07 bits per heavy atom. The van der Waals surface area contributed by atoms with Crippen molar-refractivity contribution in [1.82, 2.24) is 9.88 Å². The molecule has 1 saturated heterocycles. The Morgan fingerprint density at radius 3 is 2.50 bits per heavy atom. The molecule has 0 radical (unpaired) electrons. The zero-order valence-electron chi connectivity index (χ0n) is 16.4. The Hall–Kier alpha value is -2.76. The second-order valence-corrected chi connectivity index (χ2v) is 7.92. The Labute approximate surface area is 165 Å². The third-order valence-corrected chi connectivity index (χ3v) is 5.97. The topological polar surface area (TPSA) is 68.4 Å². The van der Waals surface area contributed by atoms with E-state index in [0.717, 1.165) is 11.5 Å². The van der Waals surface area contributed by atoms with E-state index < -0.39 is 0 Å². The number of carbonyl (C=O) groups is 1. The molecule has 148 valence electrons. The first-order chi connectivity index (χ1) is 13.6. The maximum absolute atomic E-state index is 12.8. The molecule has 1 aromatic heterocycles. The van der Waals surface area contributed by atoms with Crippen molar-refractivity contribution in [3.63, 3.8) is 0 Å². The summed E-state index contributed by atoms with van der Waals surface area (Å²) in [7, 11) is 0. The van der Waals surface area contributed by atoms with E-state index in [4.69, 9.17) is 0 Å². The van der Waals surface area contributed by atoms with E-state index in [1.165, 1.54) is 37.3 Å². The largest absolute Gasteiger partial charge is 0.354 e. The number of benzene rings is 1. The molecule has 1 aromatic carbocycles. The summed E-state index contributed by atoms with van der Waals surface area (Å²) >= 11 is 0. The summed E-state index contributed by atoms with van der Waals surface area (Å²) in [4.78, 5) is 31.1. The van der Waals surface area contributed by atoms with Crippen LogP contribution in [0.5, 0.6) is 0 Å². The maximum Gasteiger partial charge on any atom is 0.322 e.